The van der Waals surface area contributed by atoms with E-state index >= 15 is 0 Å². The van der Waals surface area contributed by atoms with Crippen LogP contribution in [0.3, 0.4) is 0 Å². The highest BCUT2D eigenvalue weighted by atomic mass is 19.2. The van der Waals surface area contributed by atoms with Crippen molar-refractivity contribution >= 4 is 17.3 Å². The minimum absolute atomic E-state index is 0.00359. The van der Waals surface area contributed by atoms with E-state index in [0.29, 0.717) is 37.6 Å². The Morgan fingerprint density at radius 1 is 1.03 bits per heavy atom. The van der Waals surface area contributed by atoms with E-state index in [0.717, 1.165) is 43.8 Å². The van der Waals surface area contributed by atoms with Gasteiger partial charge in [-0.25, -0.2) is 8.78 Å². The van der Waals surface area contributed by atoms with E-state index in [-0.39, 0.29) is 11.9 Å². The Balaban J connectivity index is 1.47. The Hall–Kier alpha value is -2.67. The second kappa shape index (κ2) is 8.78. The van der Waals surface area contributed by atoms with E-state index in [1.165, 1.54) is 6.07 Å². The Bertz CT molecular complexity index is 871. The zero-order valence-electron chi connectivity index (χ0n) is 16.2. The number of amides is 1. The molecular weight excluding hydrogens is 376 g/mol. The van der Waals surface area contributed by atoms with Crippen LogP contribution in [0, 0.1) is 11.6 Å². The fourth-order valence-corrected chi connectivity index (χ4v) is 4.01. The molecule has 154 valence electrons. The number of benzene rings is 2. The minimum Gasteiger partial charge on any atom is -0.380 e. The lowest BCUT2D eigenvalue weighted by molar-refractivity contribution is 0.0714. The van der Waals surface area contributed by atoms with Crippen LogP contribution in [0.15, 0.2) is 42.5 Å². The van der Waals surface area contributed by atoms with Gasteiger partial charge in [-0.05, 0) is 37.1 Å². The molecule has 0 aliphatic carbocycles. The molecule has 0 bridgehead atoms. The topological polar surface area (TPSA) is 44.8 Å². The van der Waals surface area contributed by atoms with Crippen LogP contribution >= 0.6 is 0 Å². The Kier molecular flexibility index (Phi) is 5.94. The van der Waals surface area contributed by atoms with Crippen molar-refractivity contribution in [1.29, 1.82) is 0 Å². The molecule has 1 unspecified atom stereocenters. The normalized spacial score (nSPS) is 19.9. The third-order valence-electron chi connectivity index (χ3n) is 5.49. The van der Waals surface area contributed by atoms with E-state index < -0.39 is 11.6 Å². The van der Waals surface area contributed by atoms with Crippen molar-refractivity contribution in [3.8, 4) is 0 Å². The summed E-state index contributed by atoms with van der Waals surface area (Å²) < 4.78 is 32.1. The molecule has 0 saturated carbocycles. The summed E-state index contributed by atoms with van der Waals surface area (Å²) in [6.45, 7) is 4.07. The molecule has 5 nitrogen and oxygen atoms in total. The van der Waals surface area contributed by atoms with Crippen LogP contribution in [0.2, 0.25) is 0 Å². The highest BCUT2D eigenvalue weighted by Gasteiger charge is 2.27. The van der Waals surface area contributed by atoms with Gasteiger partial charge < -0.3 is 19.9 Å². The van der Waals surface area contributed by atoms with Crippen molar-refractivity contribution < 1.29 is 18.3 Å². The van der Waals surface area contributed by atoms with Gasteiger partial charge in [0.15, 0.2) is 11.6 Å². The van der Waals surface area contributed by atoms with Gasteiger partial charge in [-0.3, -0.25) is 4.79 Å². The van der Waals surface area contributed by atoms with Gasteiger partial charge in [-0.15, -0.1) is 0 Å². The number of anilines is 2. The van der Waals surface area contributed by atoms with Crippen LogP contribution in [-0.4, -0.2) is 56.2 Å². The zero-order chi connectivity index (χ0) is 20.2. The summed E-state index contributed by atoms with van der Waals surface area (Å²) >= 11 is 0. The lowest BCUT2D eigenvalue weighted by Crippen LogP contribution is -2.46. The summed E-state index contributed by atoms with van der Waals surface area (Å²) in [4.78, 5) is 17.3. The van der Waals surface area contributed by atoms with Crippen LogP contribution in [0.25, 0.3) is 0 Å². The van der Waals surface area contributed by atoms with Gasteiger partial charge in [0.2, 0.25) is 0 Å². The number of hydrogen-bond acceptors (Lipinski definition) is 4. The molecule has 0 aromatic heterocycles. The van der Waals surface area contributed by atoms with Gasteiger partial charge in [0.25, 0.3) is 5.91 Å². The number of morpholine rings is 1. The first kappa shape index (κ1) is 19.6. The van der Waals surface area contributed by atoms with Crippen molar-refractivity contribution in [1.82, 2.24) is 4.90 Å². The largest absolute Gasteiger partial charge is 0.380 e. The van der Waals surface area contributed by atoms with E-state index in [2.05, 4.69) is 10.2 Å². The maximum atomic E-state index is 13.5. The van der Waals surface area contributed by atoms with Crippen LogP contribution in [0.4, 0.5) is 20.2 Å². The molecule has 7 heteroatoms. The molecule has 1 N–H and O–H groups in total. The monoisotopic (exact) mass is 401 g/mol. The van der Waals surface area contributed by atoms with Gasteiger partial charge in [0.1, 0.15) is 0 Å². The lowest BCUT2D eigenvalue weighted by Gasteiger charge is -2.35. The van der Waals surface area contributed by atoms with Crippen molar-refractivity contribution in [2.45, 2.75) is 18.9 Å². The second-order valence-electron chi connectivity index (χ2n) is 7.48. The first-order valence-corrected chi connectivity index (χ1v) is 10.0. The number of carbonyl (C=O) groups excluding carboxylic acids is 1. The number of carbonyl (C=O) groups is 1. The number of piperidine rings is 1. The van der Waals surface area contributed by atoms with E-state index in [4.69, 9.17) is 4.74 Å². The molecule has 2 aliphatic heterocycles. The lowest BCUT2D eigenvalue weighted by atomic mass is 10.0. The Morgan fingerprint density at radius 2 is 1.83 bits per heavy atom. The minimum atomic E-state index is -0.877. The molecule has 2 aromatic carbocycles. The van der Waals surface area contributed by atoms with E-state index in [9.17, 15) is 13.6 Å². The number of likely N-dealkylation sites (tertiary alicyclic amines) is 1. The molecular formula is C22H25F2N3O2. The molecule has 29 heavy (non-hydrogen) atoms. The number of ether oxygens (including phenoxy) is 1. The SMILES string of the molecule is O=C(c1ccccc1N1CCOCC1)N1CCCC(Nc2ccc(F)c(F)c2)C1. The highest BCUT2D eigenvalue weighted by Crippen LogP contribution is 2.25. The van der Waals surface area contributed by atoms with Gasteiger partial charge in [0, 0.05) is 49.7 Å². The predicted octanol–water partition coefficient (Wildman–Crippen LogP) is 3.52. The summed E-state index contributed by atoms with van der Waals surface area (Å²) in [5.74, 6) is -1.74. The summed E-state index contributed by atoms with van der Waals surface area (Å²) in [6.07, 6.45) is 1.72. The van der Waals surface area contributed by atoms with E-state index in [1.807, 2.05) is 29.2 Å². The number of nitrogens with one attached hydrogen (secondary N) is 1. The molecule has 0 spiro atoms. The highest BCUT2D eigenvalue weighted by molar-refractivity contribution is 6.00. The van der Waals surface area contributed by atoms with Crippen LogP contribution in [0.1, 0.15) is 23.2 Å². The maximum absolute atomic E-state index is 13.5. The standard InChI is InChI=1S/C22H25F2N3O2/c23-19-8-7-16(14-20(19)24)25-17-4-3-9-27(15-17)22(28)18-5-1-2-6-21(18)26-10-12-29-13-11-26/h1-2,5-8,14,17,25H,3-4,9-13,15H2. The fraction of sp³-hybridized carbons (Fsp3) is 0.409. The average molecular weight is 401 g/mol. The quantitative estimate of drug-likeness (QED) is 0.852. The summed E-state index contributed by atoms with van der Waals surface area (Å²) in [5.41, 5.74) is 2.16. The third-order valence-corrected chi connectivity index (χ3v) is 5.49. The summed E-state index contributed by atoms with van der Waals surface area (Å²) in [6, 6.07) is 11.5. The molecule has 4 rings (SSSR count). The van der Waals surface area contributed by atoms with Gasteiger partial charge >= 0.3 is 0 Å². The predicted molar refractivity (Wildman–Crippen MR) is 108 cm³/mol. The average Bonchev–Trinajstić information content (AvgIpc) is 2.77. The van der Waals surface area contributed by atoms with Crippen LogP contribution in [-0.2, 0) is 4.74 Å². The first-order valence-electron chi connectivity index (χ1n) is 10.0. The molecule has 1 atom stereocenters. The Morgan fingerprint density at radius 3 is 2.62 bits per heavy atom. The molecule has 2 fully saturated rings. The second-order valence-corrected chi connectivity index (χ2v) is 7.48. The van der Waals surface area contributed by atoms with Crippen molar-refractivity contribution in [3.63, 3.8) is 0 Å². The molecule has 2 saturated heterocycles. The number of para-hydroxylation sites is 1. The van der Waals surface area contributed by atoms with Gasteiger partial charge in [-0.2, -0.15) is 0 Å². The van der Waals surface area contributed by atoms with Gasteiger partial charge in [-0.1, -0.05) is 12.1 Å². The van der Waals surface area contributed by atoms with Crippen LogP contribution in [0.5, 0.6) is 0 Å². The molecule has 2 aliphatic rings. The molecule has 2 heterocycles. The maximum Gasteiger partial charge on any atom is 0.256 e. The zero-order valence-corrected chi connectivity index (χ0v) is 16.2. The number of hydrogen-bond donors (Lipinski definition) is 1. The number of nitrogens with zero attached hydrogens (tertiary/aromatic N) is 2. The third kappa shape index (κ3) is 4.50. The summed E-state index contributed by atoms with van der Waals surface area (Å²) in [5, 5.41) is 3.24. The van der Waals surface area contributed by atoms with Crippen LogP contribution < -0.4 is 10.2 Å². The Labute approximate surface area is 169 Å². The molecule has 1 amide bonds. The van der Waals surface area contributed by atoms with Gasteiger partial charge in [0.05, 0.1) is 18.8 Å². The number of halogens is 2. The van der Waals surface area contributed by atoms with Crippen molar-refractivity contribution in [3.05, 3.63) is 59.7 Å². The van der Waals surface area contributed by atoms with Crippen molar-refractivity contribution in [2.24, 2.45) is 0 Å². The number of rotatable bonds is 4. The smallest absolute Gasteiger partial charge is 0.256 e. The fourth-order valence-electron chi connectivity index (χ4n) is 4.01. The molecule has 0 radical (unpaired) electrons. The van der Waals surface area contributed by atoms with E-state index in [1.54, 1.807) is 0 Å². The summed E-state index contributed by atoms with van der Waals surface area (Å²) in [7, 11) is 0. The molecule has 2 aromatic rings. The van der Waals surface area contributed by atoms with Crippen molar-refractivity contribution in [2.75, 3.05) is 49.6 Å². The first-order chi connectivity index (χ1) is 14.1.